The molecule has 0 aliphatic heterocycles. The smallest absolute Gasteiger partial charge is 0.250 e. The maximum atomic E-state index is 11.2. The highest BCUT2D eigenvalue weighted by atomic mass is 32.2. The highest BCUT2D eigenvalue weighted by molar-refractivity contribution is 7.92. The third-order valence-corrected chi connectivity index (χ3v) is 4.27. The molecule has 0 amide bonds. The summed E-state index contributed by atoms with van der Waals surface area (Å²) in [6.07, 6.45) is 4.76. The fourth-order valence-electron chi connectivity index (χ4n) is 1.86. The number of nitrogens with one attached hydrogen (secondary N) is 1. The van der Waals surface area contributed by atoms with Gasteiger partial charge in [0.15, 0.2) is 0 Å². The molecule has 23 heavy (non-hydrogen) atoms. The van der Waals surface area contributed by atoms with Gasteiger partial charge in [-0.15, -0.1) is 11.3 Å². The van der Waals surface area contributed by atoms with Gasteiger partial charge in [-0.1, -0.05) is 11.2 Å². The first-order valence-corrected chi connectivity index (χ1v) is 9.40. The van der Waals surface area contributed by atoms with Gasteiger partial charge in [-0.05, 0) is 41.8 Å². The molecule has 0 atom stereocenters. The quantitative estimate of drug-likeness (QED) is 0.765. The second kappa shape index (κ2) is 6.35. The lowest BCUT2D eigenvalue weighted by atomic mass is 10.2. The Balaban J connectivity index is 1.75. The van der Waals surface area contributed by atoms with Crippen molar-refractivity contribution in [3.05, 3.63) is 52.5 Å². The molecule has 0 unspecified atom stereocenters. The molecule has 3 aromatic rings. The first kappa shape index (κ1) is 15.4. The molecule has 0 bridgehead atoms. The van der Waals surface area contributed by atoms with Crippen molar-refractivity contribution < 1.29 is 12.9 Å². The summed E-state index contributed by atoms with van der Waals surface area (Å²) in [4.78, 5) is 5.38. The van der Waals surface area contributed by atoms with Gasteiger partial charge in [0.05, 0.1) is 6.26 Å². The largest absolute Gasteiger partial charge is 0.334 e. The standard InChI is InChI=1S/C15H13N3O3S2/c1-23(19,20)18-12-6-4-11(5-7-12)15-16-14(21-17-15)9-8-13-3-2-10-22-13/h2-10,18H,1H3/b9-8+. The number of hydrogen-bond acceptors (Lipinski definition) is 6. The van der Waals surface area contributed by atoms with Crippen LogP contribution in [0.25, 0.3) is 23.5 Å². The lowest BCUT2D eigenvalue weighted by molar-refractivity contribution is 0.411. The maximum Gasteiger partial charge on any atom is 0.250 e. The van der Waals surface area contributed by atoms with Crippen LogP contribution in [-0.4, -0.2) is 24.8 Å². The number of aromatic nitrogens is 2. The van der Waals surface area contributed by atoms with E-state index in [9.17, 15) is 8.42 Å². The predicted octanol–water partition coefficient (Wildman–Crippen LogP) is 3.34. The Labute approximate surface area is 137 Å². The SMILES string of the molecule is CS(=O)(=O)Nc1ccc(-c2noc(/C=C/c3cccs3)n2)cc1. The summed E-state index contributed by atoms with van der Waals surface area (Å²) in [6.45, 7) is 0. The molecule has 1 N–H and O–H groups in total. The molecule has 0 radical (unpaired) electrons. The summed E-state index contributed by atoms with van der Waals surface area (Å²) in [5.41, 5.74) is 1.22. The predicted molar refractivity (Wildman–Crippen MR) is 91.4 cm³/mol. The van der Waals surface area contributed by atoms with Gasteiger partial charge in [0.25, 0.3) is 5.89 Å². The number of benzene rings is 1. The third-order valence-electron chi connectivity index (χ3n) is 2.82. The Kier molecular flexibility index (Phi) is 4.26. The van der Waals surface area contributed by atoms with E-state index in [0.29, 0.717) is 17.4 Å². The van der Waals surface area contributed by atoms with E-state index in [0.717, 1.165) is 16.7 Å². The second-order valence-electron chi connectivity index (χ2n) is 4.76. The third kappa shape index (κ3) is 4.27. The van der Waals surface area contributed by atoms with Crippen molar-refractivity contribution >= 4 is 39.2 Å². The summed E-state index contributed by atoms with van der Waals surface area (Å²) >= 11 is 1.62. The van der Waals surface area contributed by atoms with Gasteiger partial charge < -0.3 is 4.52 Å². The second-order valence-corrected chi connectivity index (χ2v) is 7.48. The van der Waals surface area contributed by atoms with E-state index >= 15 is 0 Å². The summed E-state index contributed by atoms with van der Waals surface area (Å²) in [7, 11) is -3.29. The normalized spacial score (nSPS) is 11.9. The summed E-state index contributed by atoms with van der Waals surface area (Å²) < 4.78 is 29.9. The molecule has 2 heterocycles. The number of anilines is 1. The average Bonchev–Trinajstić information content (AvgIpc) is 3.16. The molecule has 0 aliphatic carbocycles. The van der Waals surface area contributed by atoms with Crippen molar-refractivity contribution in [1.82, 2.24) is 10.1 Å². The van der Waals surface area contributed by atoms with Gasteiger partial charge in [-0.2, -0.15) is 4.98 Å². The Morgan fingerprint density at radius 3 is 2.61 bits per heavy atom. The Morgan fingerprint density at radius 1 is 1.17 bits per heavy atom. The Morgan fingerprint density at radius 2 is 1.96 bits per heavy atom. The van der Waals surface area contributed by atoms with Crippen molar-refractivity contribution in [2.45, 2.75) is 0 Å². The lowest BCUT2D eigenvalue weighted by Gasteiger charge is -2.03. The molecular weight excluding hydrogens is 334 g/mol. The minimum Gasteiger partial charge on any atom is -0.334 e. The van der Waals surface area contributed by atoms with Crippen LogP contribution in [0.4, 0.5) is 5.69 Å². The Hall–Kier alpha value is -2.45. The topological polar surface area (TPSA) is 85.1 Å². The summed E-state index contributed by atoms with van der Waals surface area (Å²) in [6, 6.07) is 10.7. The highest BCUT2D eigenvalue weighted by Gasteiger charge is 2.07. The monoisotopic (exact) mass is 347 g/mol. The molecule has 2 aromatic heterocycles. The van der Waals surface area contributed by atoms with Crippen LogP contribution in [0.15, 0.2) is 46.3 Å². The van der Waals surface area contributed by atoms with Gasteiger partial charge in [0.1, 0.15) is 0 Å². The van der Waals surface area contributed by atoms with Crippen LogP contribution in [0.2, 0.25) is 0 Å². The number of thiophene rings is 1. The molecule has 1 aromatic carbocycles. The number of hydrogen-bond donors (Lipinski definition) is 1. The number of rotatable bonds is 5. The van der Waals surface area contributed by atoms with E-state index in [2.05, 4.69) is 14.9 Å². The fourth-order valence-corrected chi connectivity index (χ4v) is 3.04. The van der Waals surface area contributed by atoms with Crippen LogP contribution in [0.5, 0.6) is 0 Å². The van der Waals surface area contributed by atoms with Gasteiger partial charge in [0, 0.05) is 22.2 Å². The maximum absolute atomic E-state index is 11.2. The molecule has 8 heteroatoms. The molecular formula is C15H13N3O3S2. The molecule has 118 valence electrons. The van der Waals surface area contributed by atoms with Crippen LogP contribution >= 0.6 is 11.3 Å². The first-order valence-electron chi connectivity index (χ1n) is 6.63. The zero-order valence-electron chi connectivity index (χ0n) is 12.1. The van der Waals surface area contributed by atoms with Crippen LogP contribution in [0.1, 0.15) is 10.8 Å². The fraction of sp³-hybridized carbons (Fsp3) is 0.0667. The zero-order chi connectivity index (χ0) is 16.3. The summed E-state index contributed by atoms with van der Waals surface area (Å²) in [5, 5.41) is 5.91. The zero-order valence-corrected chi connectivity index (χ0v) is 13.8. The van der Waals surface area contributed by atoms with E-state index in [1.807, 2.05) is 23.6 Å². The van der Waals surface area contributed by atoms with Crippen LogP contribution in [-0.2, 0) is 10.0 Å². The molecule has 0 spiro atoms. The van der Waals surface area contributed by atoms with Crippen molar-refractivity contribution in [1.29, 1.82) is 0 Å². The van der Waals surface area contributed by atoms with Gasteiger partial charge in [-0.3, -0.25) is 4.72 Å². The van der Waals surface area contributed by atoms with Gasteiger partial charge in [-0.25, -0.2) is 8.42 Å². The van der Waals surface area contributed by atoms with E-state index in [4.69, 9.17) is 4.52 Å². The Bertz CT molecular complexity index is 911. The van der Waals surface area contributed by atoms with Gasteiger partial charge >= 0.3 is 0 Å². The van der Waals surface area contributed by atoms with E-state index in [1.54, 1.807) is 41.7 Å². The van der Waals surface area contributed by atoms with E-state index in [-0.39, 0.29) is 0 Å². The molecule has 0 saturated heterocycles. The average molecular weight is 347 g/mol. The minimum absolute atomic E-state index is 0.409. The molecule has 0 saturated carbocycles. The van der Waals surface area contributed by atoms with Crippen LogP contribution in [0.3, 0.4) is 0 Å². The van der Waals surface area contributed by atoms with E-state index < -0.39 is 10.0 Å². The first-order chi connectivity index (χ1) is 11.0. The van der Waals surface area contributed by atoms with Crippen molar-refractivity contribution in [3.8, 4) is 11.4 Å². The van der Waals surface area contributed by atoms with Crippen molar-refractivity contribution in [2.24, 2.45) is 0 Å². The van der Waals surface area contributed by atoms with Crippen molar-refractivity contribution in [2.75, 3.05) is 11.0 Å². The van der Waals surface area contributed by atoms with Gasteiger partial charge in [0.2, 0.25) is 15.8 Å². The number of sulfonamides is 1. The molecule has 0 aliphatic rings. The van der Waals surface area contributed by atoms with Crippen LogP contribution in [0, 0.1) is 0 Å². The minimum atomic E-state index is -3.29. The van der Waals surface area contributed by atoms with Crippen molar-refractivity contribution in [3.63, 3.8) is 0 Å². The van der Waals surface area contributed by atoms with Crippen LogP contribution < -0.4 is 4.72 Å². The molecule has 0 fully saturated rings. The number of nitrogens with zero attached hydrogens (tertiary/aromatic N) is 2. The highest BCUT2D eigenvalue weighted by Crippen LogP contribution is 2.20. The summed E-state index contributed by atoms with van der Waals surface area (Å²) in [5.74, 6) is 0.855. The molecule has 6 nitrogen and oxygen atoms in total. The molecule has 3 rings (SSSR count). The van der Waals surface area contributed by atoms with E-state index in [1.165, 1.54) is 0 Å². The lowest BCUT2D eigenvalue weighted by Crippen LogP contribution is -2.09.